The van der Waals surface area contributed by atoms with E-state index in [-0.39, 0.29) is 0 Å². The van der Waals surface area contributed by atoms with E-state index in [2.05, 4.69) is 158 Å². The fourth-order valence-electron chi connectivity index (χ4n) is 5.48. The molecule has 0 amide bonds. The van der Waals surface area contributed by atoms with E-state index in [0.29, 0.717) is 0 Å². The van der Waals surface area contributed by atoms with Crippen molar-refractivity contribution < 1.29 is 0 Å². The molecule has 0 bridgehead atoms. The molecule has 0 saturated heterocycles. The van der Waals surface area contributed by atoms with Crippen LogP contribution in [0.1, 0.15) is 22.3 Å². The fourth-order valence-corrected chi connectivity index (χ4v) is 5.48. The summed E-state index contributed by atoms with van der Waals surface area (Å²) in [6.07, 6.45) is 1.76. The van der Waals surface area contributed by atoms with Crippen LogP contribution in [0.4, 0.5) is 0 Å². The first-order valence-electron chi connectivity index (χ1n) is 13.3. The Bertz CT molecular complexity index is 1530. The molecule has 0 unspecified atom stereocenters. The van der Waals surface area contributed by atoms with Crippen LogP contribution in [0.3, 0.4) is 0 Å². The van der Waals surface area contributed by atoms with Crippen molar-refractivity contribution in [1.29, 1.82) is 0 Å². The third-order valence-corrected chi connectivity index (χ3v) is 7.27. The summed E-state index contributed by atoms with van der Waals surface area (Å²) in [6, 6.07) is 56.8. The Balaban J connectivity index is 1.45. The molecule has 0 heteroatoms. The fraction of sp³-hybridized carbons (Fsp3) is 0.0526. The second kappa shape index (κ2) is 11.2. The van der Waals surface area contributed by atoms with Gasteiger partial charge in [0.1, 0.15) is 0 Å². The Morgan fingerprint density at radius 1 is 0.263 bits per heavy atom. The van der Waals surface area contributed by atoms with Crippen molar-refractivity contribution in [2.24, 2.45) is 0 Å². The Morgan fingerprint density at radius 2 is 0.605 bits per heavy atom. The van der Waals surface area contributed by atoms with Crippen LogP contribution in [-0.2, 0) is 12.8 Å². The molecular weight excluding hydrogens is 456 g/mol. The van der Waals surface area contributed by atoms with Gasteiger partial charge in [0.15, 0.2) is 0 Å². The van der Waals surface area contributed by atoms with E-state index in [1.165, 1.54) is 55.6 Å². The lowest BCUT2D eigenvalue weighted by Crippen LogP contribution is -2.01. The lowest BCUT2D eigenvalue weighted by atomic mass is 9.86. The molecule has 182 valence electrons. The lowest BCUT2D eigenvalue weighted by molar-refractivity contribution is 1.14. The van der Waals surface area contributed by atoms with Gasteiger partial charge < -0.3 is 0 Å². The number of rotatable bonds is 7. The molecule has 0 atom stereocenters. The molecule has 38 heavy (non-hydrogen) atoms. The zero-order valence-corrected chi connectivity index (χ0v) is 21.4. The van der Waals surface area contributed by atoms with Gasteiger partial charge in [-0.2, -0.15) is 0 Å². The molecule has 0 aromatic heterocycles. The summed E-state index contributed by atoms with van der Waals surface area (Å²) < 4.78 is 0. The summed E-state index contributed by atoms with van der Waals surface area (Å²) in [5.41, 5.74) is 13.1. The zero-order chi connectivity index (χ0) is 25.6. The van der Waals surface area contributed by atoms with Crippen LogP contribution < -0.4 is 0 Å². The smallest absolute Gasteiger partial charge is 0.00134 e. The van der Waals surface area contributed by atoms with Crippen LogP contribution in [0.5, 0.6) is 0 Å². The van der Waals surface area contributed by atoms with Gasteiger partial charge in [-0.15, -0.1) is 0 Å². The molecule has 0 aliphatic carbocycles. The van der Waals surface area contributed by atoms with Crippen LogP contribution in [-0.4, -0.2) is 0 Å². The third kappa shape index (κ3) is 5.08. The molecule has 0 N–H and O–H groups in total. The first kappa shape index (κ1) is 23.7. The maximum absolute atomic E-state index is 2.30. The van der Waals surface area contributed by atoms with Gasteiger partial charge in [-0.25, -0.2) is 0 Å². The van der Waals surface area contributed by atoms with E-state index in [1.807, 2.05) is 0 Å². The van der Waals surface area contributed by atoms with Gasteiger partial charge in [0.2, 0.25) is 0 Å². The molecule has 0 radical (unpaired) electrons. The van der Waals surface area contributed by atoms with Crippen LogP contribution in [0.2, 0.25) is 0 Å². The molecule has 0 spiro atoms. The SMILES string of the molecule is c1ccc(-c2ccccc2Cc2cccc(Cc3ccccc3-c3ccccc3)c2-c2ccccc2)cc1. The predicted molar refractivity (Wildman–Crippen MR) is 161 cm³/mol. The standard InChI is InChI=1S/C38H30/c1-4-15-29(16-5-1)36-25-12-10-21-32(36)27-34-23-14-24-35(38(34)31-19-8-3-9-20-31)28-33-22-11-13-26-37(33)30-17-6-2-7-18-30/h1-26H,27-28H2. The van der Waals surface area contributed by atoms with E-state index in [4.69, 9.17) is 0 Å². The molecule has 0 fully saturated rings. The van der Waals surface area contributed by atoms with Gasteiger partial charge in [-0.05, 0) is 68.5 Å². The lowest BCUT2D eigenvalue weighted by Gasteiger charge is -2.18. The van der Waals surface area contributed by atoms with Crippen LogP contribution in [0.15, 0.2) is 158 Å². The van der Waals surface area contributed by atoms with Crippen molar-refractivity contribution in [3.63, 3.8) is 0 Å². The van der Waals surface area contributed by atoms with E-state index in [1.54, 1.807) is 0 Å². The quantitative estimate of drug-likeness (QED) is 0.211. The molecular formula is C38H30. The van der Waals surface area contributed by atoms with Gasteiger partial charge in [0.05, 0.1) is 0 Å². The van der Waals surface area contributed by atoms with Crippen molar-refractivity contribution in [2.45, 2.75) is 12.8 Å². The van der Waals surface area contributed by atoms with E-state index >= 15 is 0 Å². The van der Waals surface area contributed by atoms with Crippen LogP contribution >= 0.6 is 0 Å². The summed E-state index contributed by atoms with van der Waals surface area (Å²) in [4.78, 5) is 0. The minimum absolute atomic E-state index is 0.878. The maximum Gasteiger partial charge on any atom is -0.00134 e. The van der Waals surface area contributed by atoms with Crippen LogP contribution in [0.25, 0.3) is 33.4 Å². The molecule has 0 nitrogen and oxygen atoms in total. The minimum Gasteiger partial charge on any atom is -0.0622 e. The van der Waals surface area contributed by atoms with Gasteiger partial charge in [-0.3, -0.25) is 0 Å². The molecule has 0 heterocycles. The summed E-state index contributed by atoms with van der Waals surface area (Å²) in [5, 5.41) is 0. The van der Waals surface area contributed by atoms with E-state index in [9.17, 15) is 0 Å². The monoisotopic (exact) mass is 486 g/mol. The minimum atomic E-state index is 0.878. The van der Waals surface area contributed by atoms with Gasteiger partial charge >= 0.3 is 0 Å². The Hall–Kier alpha value is -4.68. The molecule has 6 aromatic rings. The van der Waals surface area contributed by atoms with E-state index in [0.717, 1.165) is 12.8 Å². The van der Waals surface area contributed by atoms with E-state index < -0.39 is 0 Å². The Kier molecular flexibility index (Phi) is 6.96. The number of hydrogen-bond acceptors (Lipinski definition) is 0. The summed E-state index contributed by atoms with van der Waals surface area (Å²) in [6.45, 7) is 0. The molecule has 0 aliphatic rings. The zero-order valence-electron chi connectivity index (χ0n) is 21.4. The number of benzene rings is 6. The number of hydrogen-bond donors (Lipinski definition) is 0. The second-order valence-corrected chi connectivity index (χ2v) is 9.72. The van der Waals surface area contributed by atoms with Gasteiger partial charge in [0, 0.05) is 0 Å². The van der Waals surface area contributed by atoms with Crippen LogP contribution in [0, 0.1) is 0 Å². The molecule has 6 aromatic carbocycles. The van der Waals surface area contributed by atoms with Gasteiger partial charge in [-0.1, -0.05) is 158 Å². The summed E-state index contributed by atoms with van der Waals surface area (Å²) in [7, 11) is 0. The molecule has 0 saturated carbocycles. The maximum atomic E-state index is 2.30. The van der Waals surface area contributed by atoms with Crippen molar-refractivity contribution in [3.8, 4) is 33.4 Å². The highest BCUT2D eigenvalue weighted by atomic mass is 14.2. The first-order chi connectivity index (χ1) is 18.9. The molecule has 0 aliphatic heterocycles. The van der Waals surface area contributed by atoms with Crippen molar-refractivity contribution in [3.05, 3.63) is 180 Å². The second-order valence-electron chi connectivity index (χ2n) is 9.72. The average molecular weight is 487 g/mol. The third-order valence-electron chi connectivity index (χ3n) is 7.27. The Morgan fingerprint density at radius 3 is 1.05 bits per heavy atom. The summed E-state index contributed by atoms with van der Waals surface area (Å²) in [5.74, 6) is 0. The highest BCUT2D eigenvalue weighted by Crippen LogP contribution is 2.35. The van der Waals surface area contributed by atoms with Crippen molar-refractivity contribution in [1.82, 2.24) is 0 Å². The van der Waals surface area contributed by atoms with Crippen molar-refractivity contribution >= 4 is 0 Å². The highest BCUT2D eigenvalue weighted by Gasteiger charge is 2.15. The normalized spacial score (nSPS) is 10.8. The highest BCUT2D eigenvalue weighted by molar-refractivity contribution is 5.75. The largest absolute Gasteiger partial charge is 0.0622 e. The molecule has 6 rings (SSSR count). The Labute approximate surface area is 225 Å². The topological polar surface area (TPSA) is 0 Å². The van der Waals surface area contributed by atoms with Crippen molar-refractivity contribution in [2.75, 3.05) is 0 Å². The first-order valence-corrected chi connectivity index (χ1v) is 13.3. The summed E-state index contributed by atoms with van der Waals surface area (Å²) >= 11 is 0. The van der Waals surface area contributed by atoms with Gasteiger partial charge in [0.25, 0.3) is 0 Å². The predicted octanol–water partition coefficient (Wildman–Crippen LogP) is 9.87. The average Bonchev–Trinajstić information content (AvgIpc) is 2.99.